The van der Waals surface area contributed by atoms with Crippen molar-refractivity contribution < 1.29 is 9.53 Å². The van der Waals surface area contributed by atoms with E-state index in [4.69, 9.17) is 4.74 Å². The van der Waals surface area contributed by atoms with Gasteiger partial charge in [0.05, 0.1) is 13.3 Å². The first-order chi connectivity index (χ1) is 9.60. The number of esters is 1. The van der Waals surface area contributed by atoms with Crippen molar-refractivity contribution in [3.05, 3.63) is 35.1 Å². The molecule has 20 heavy (non-hydrogen) atoms. The summed E-state index contributed by atoms with van der Waals surface area (Å²) in [5, 5.41) is 5.18. The lowest BCUT2D eigenvalue weighted by Crippen LogP contribution is -1.96. The molecule has 0 saturated heterocycles. The number of carbonyl (C=O) groups is 1. The summed E-state index contributed by atoms with van der Waals surface area (Å²) >= 11 is 1.34. The minimum atomic E-state index is -0.327. The average molecular weight is 287 g/mol. The summed E-state index contributed by atoms with van der Waals surface area (Å²) in [4.78, 5) is 17.4. The Labute approximate surface area is 119 Å². The second-order valence-corrected chi connectivity index (χ2v) is 5.52. The van der Waals surface area contributed by atoms with Crippen molar-refractivity contribution in [2.24, 2.45) is 7.05 Å². The molecule has 0 aromatic carbocycles. The summed E-state index contributed by atoms with van der Waals surface area (Å²) in [6.07, 6.45) is 3.63. The Kier molecular flexibility index (Phi) is 3.02. The molecular weight excluding hydrogens is 274 g/mol. The highest BCUT2D eigenvalue weighted by molar-refractivity contribution is 7.20. The molecule has 0 atom stereocenters. The second kappa shape index (κ2) is 4.72. The number of aryl methyl sites for hydroxylation is 1. The maximum atomic E-state index is 11.5. The minimum absolute atomic E-state index is 0.327. The molecule has 5 nitrogen and oxygen atoms in total. The molecule has 6 heteroatoms. The standard InChI is InChI=1S/C14H13N3O2S/c1-8-11(7-16-17(8)2)10-4-9-5-12(14(18)19-3)20-13(9)15-6-10/h4-7H,1-3H3. The SMILES string of the molecule is COC(=O)c1cc2cc(-c3cnn(C)c3C)cnc2s1. The lowest BCUT2D eigenvalue weighted by molar-refractivity contribution is 0.0606. The van der Waals surface area contributed by atoms with Gasteiger partial charge in [0, 0.05) is 35.5 Å². The van der Waals surface area contributed by atoms with E-state index in [1.165, 1.54) is 18.4 Å². The Balaban J connectivity index is 2.11. The molecule has 0 bridgehead atoms. The van der Waals surface area contributed by atoms with E-state index in [9.17, 15) is 4.79 Å². The van der Waals surface area contributed by atoms with Crippen LogP contribution in [0.3, 0.4) is 0 Å². The molecule has 0 aliphatic heterocycles. The van der Waals surface area contributed by atoms with Crippen LogP contribution < -0.4 is 0 Å². The normalized spacial score (nSPS) is 10.9. The summed E-state index contributed by atoms with van der Waals surface area (Å²) in [6.45, 7) is 2.01. The number of methoxy groups -OCH3 is 1. The van der Waals surface area contributed by atoms with Crippen molar-refractivity contribution in [2.45, 2.75) is 6.92 Å². The maximum Gasteiger partial charge on any atom is 0.348 e. The van der Waals surface area contributed by atoms with Crippen LogP contribution in [0.2, 0.25) is 0 Å². The van der Waals surface area contributed by atoms with Gasteiger partial charge in [-0.05, 0) is 19.1 Å². The van der Waals surface area contributed by atoms with Crippen LogP contribution in [-0.4, -0.2) is 27.8 Å². The third kappa shape index (κ3) is 1.98. The van der Waals surface area contributed by atoms with E-state index in [1.807, 2.05) is 43.2 Å². The number of rotatable bonds is 2. The molecule has 3 rings (SSSR count). The number of pyridine rings is 1. The summed E-state index contributed by atoms with van der Waals surface area (Å²) in [5.41, 5.74) is 3.12. The van der Waals surface area contributed by atoms with E-state index in [0.717, 1.165) is 27.0 Å². The highest BCUT2D eigenvalue weighted by Gasteiger charge is 2.13. The fourth-order valence-corrected chi connectivity index (χ4v) is 2.97. The van der Waals surface area contributed by atoms with E-state index >= 15 is 0 Å². The topological polar surface area (TPSA) is 57.0 Å². The molecule has 0 spiro atoms. The van der Waals surface area contributed by atoms with E-state index in [1.54, 1.807) is 0 Å². The quantitative estimate of drug-likeness (QED) is 0.680. The van der Waals surface area contributed by atoms with Crippen LogP contribution in [0.15, 0.2) is 24.5 Å². The van der Waals surface area contributed by atoms with Crippen LogP contribution in [0.5, 0.6) is 0 Å². The third-order valence-corrected chi connectivity index (χ3v) is 4.34. The number of ether oxygens (including phenoxy) is 1. The molecule has 3 heterocycles. The van der Waals surface area contributed by atoms with Crippen LogP contribution in [0.4, 0.5) is 0 Å². The Bertz CT molecular complexity index is 804. The fourth-order valence-electron chi connectivity index (χ4n) is 2.06. The van der Waals surface area contributed by atoms with Gasteiger partial charge in [-0.3, -0.25) is 4.68 Å². The van der Waals surface area contributed by atoms with E-state index in [-0.39, 0.29) is 5.97 Å². The van der Waals surface area contributed by atoms with Crippen molar-refractivity contribution >= 4 is 27.5 Å². The molecule has 0 radical (unpaired) electrons. The van der Waals surface area contributed by atoms with Crippen LogP contribution in [-0.2, 0) is 11.8 Å². The summed E-state index contributed by atoms with van der Waals surface area (Å²) in [5.74, 6) is -0.327. The van der Waals surface area contributed by atoms with Gasteiger partial charge >= 0.3 is 5.97 Å². The van der Waals surface area contributed by atoms with Gasteiger partial charge in [-0.1, -0.05) is 0 Å². The minimum Gasteiger partial charge on any atom is -0.465 e. The van der Waals surface area contributed by atoms with Gasteiger partial charge in [0.15, 0.2) is 0 Å². The number of aromatic nitrogens is 3. The Morgan fingerprint density at radius 3 is 2.80 bits per heavy atom. The first-order valence-corrected chi connectivity index (χ1v) is 6.88. The number of nitrogens with zero attached hydrogens (tertiary/aromatic N) is 3. The monoisotopic (exact) mass is 287 g/mol. The van der Waals surface area contributed by atoms with Crippen molar-refractivity contribution in [1.29, 1.82) is 0 Å². The Morgan fingerprint density at radius 1 is 1.35 bits per heavy atom. The second-order valence-electron chi connectivity index (χ2n) is 4.49. The molecule has 102 valence electrons. The average Bonchev–Trinajstić information content (AvgIpc) is 3.02. The molecule has 0 saturated carbocycles. The summed E-state index contributed by atoms with van der Waals surface area (Å²) in [6, 6.07) is 3.84. The molecule has 0 amide bonds. The Morgan fingerprint density at radius 2 is 2.15 bits per heavy atom. The smallest absolute Gasteiger partial charge is 0.348 e. The van der Waals surface area contributed by atoms with Gasteiger partial charge in [0.2, 0.25) is 0 Å². The molecule has 0 N–H and O–H groups in total. The predicted molar refractivity (Wildman–Crippen MR) is 77.9 cm³/mol. The number of hydrogen-bond donors (Lipinski definition) is 0. The van der Waals surface area contributed by atoms with Crippen molar-refractivity contribution in [3.8, 4) is 11.1 Å². The van der Waals surface area contributed by atoms with Gasteiger partial charge in [-0.2, -0.15) is 5.10 Å². The van der Waals surface area contributed by atoms with Gasteiger partial charge in [0.1, 0.15) is 9.71 Å². The van der Waals surface area contributed by atoms with Crippen molar-refractivity contribution in [3.63, 3.8) is 0 Å². The zero-order valence-corrected chi connectivity index (χ0v) is 12.2. The molecule has 3 aromatic heterocycles. The molecule has 0 aliphatic carbocycles. The van der Waals surface area contributed by atoms with E-state index in [2.05, 4.69) is 10.1 Å². The lowest BCUT2D eigenvalue weighted by atomic mass is 10.1. The summed E-state index contributed by atoms with van der Waals surface area (Å²) < 4.78 is 6.56. The van der Waals surface area contributed by atoms with Crippen molar-refractivity contribution in [1.82, 2.24) is 14.8 Å². The largest absolute Gasteiger partial charge is 0.465 e. The van der Waals surface area contributed by atoms with Gasteiger partial charge < -0.3 is 4.74 Å². The zero-order chi connectivity index (χ0) is 14.3. The van der Waals surface area contributed by atoms with E-state index in [0.29, 0.717) is 4.88 Å². The highest BCUT2D eigenvalue weighted by atomic mass is 32.1. The highest BCUT2D eigenvalue weighted by Crippen LogP contribution is 2.29. The van der Waals surface area contributed by atoms with Crippen LogP contribution >= 0.6 is 11.3 Å². The van der Waals surface area contributed by atoms with Crippen LogP contribution in [0.1, 0.15) is 15.4 Å². The maximum absolute atomic E-state index is 11.5. The lowest BCUT2D eigenvalue weighted by Gasteiger charge is -2.00. The first kappa shape index (κ1) is 12.8. The molecule has 0 unspecified atom stereocenters. The van der Waals surface area contributed by atoms with Crippen molar-refractivity contribution in [2.75, 3.05) is 7.11 Å². The number of fused-ring (bicyclic) bond motifs is 1. The number of thiophene rings is 1. The van der Waals surface area contributed by atoms with Gasteiger partial charge in [0.25, 0.3) is 0 Å². The van der Waals surface area contributed by atoms with E-state index < -0.39 is 0 Å². The molecular formula is C14H13N3O2S. The zero-order valence-electron chi connectivity index (χ0n) is 11.4. The Hall–Kier alpha value is -2.21. The molecule has 0 aliphatic rings. The van der Waals surface area contributed by atoms with Gasteiger partial charge in [-0.15, -0.1) is 11.3 Å². The molecule has 3 aromatic rings. The molecule has 0 fully saturated rings. The number of hydrogen-bond acceptors (Lipinski definition) is 5. The predicted octanol–water partition coefficient (Wildman–Crippen LogP) is 2.79. The first-order valence-electron chi connectivity index (χ1n) is 6.07. The van der Waals surface area contributed by atoms with Crippen LogP contribution in [0, 0.1) is 6.92 Å². The van der Waals surface area contributed by atoms with Crippen LogP contribution in [0.25, 0.3) is 21.3 Å². The number of carbonyl (C=O) groups excluding carboxylic acids is 1. The third-order valence-electron chi connectivity index (χ3n) is 3.30. The van der Waals surface area contributed by atoms with Gasteiger partial charge in [-0.25, -0.2) is 9.78 Å². The fraction of sp³-hybridized carbons (Fsp3) is 0.214. The summed E-state index contributed by atoms with van der Waals surface area (Å²) in [7, 11) is 3.29.